The Morgan fingerprint density at radius 3 is 2.27 bits per heavy atom. The molecule has 2 saturated carbocycles. The molecule has 0 aromatic carbocycles. The van der Waals surface area contributed by atoms with Crippen molar-refractivity contribution < 1.29 is 9.90 Å². The van der Waals surface area contributed by atoms with Gasteiger partial charge in [-0.2, -0.15) is 0 Å². The Bertz CT molecular complexity index is 238. The lowest BCUT2D eigenvalue weighted by molar-refractivity contribution is -0.139. The molecule has 3 aliphatic rings. The van der Waals surface area contributed by atoms with Crippen LogP contribution in [0.3, 0.4) is 0 Å². The summed E-state index contributed by atoms with van der Waals surface area (Å²) in [4.78, 5) is 10.7. The number of hydrogen-bond donors (Lipinski definition) is 1. The van der Waals surface area contributed by atoms with E-state index in [-0.39, 0.29) is 5.92 Å². The van der Waals surface area contributed by atoms with Crippen molar-refractivity contribution in [1.82, 2.24) is 0 Å². The lowest BCUT2D eigenvalue weighted by Gasteiger charge is -2.03. The summed E-state index contributed by atoms with van der Waals surface area (Å²) in [6.45, 7) is 0. The van der Waals surface area contributed by atoms with Crippen molar-refractivity contribution in [2.75, 3.05) is 0 Å². The molecule has 2 fully saturated rings. The van der Waals surface area contributed by atoms with Crippen LogP contribution in [0.25, 0.3) is 0 Å². The monoisotopic (exact) mass is 150 g/mol. The maximum Gasteiger partial charge on any atom is 0.307 e. The average molecular weight is 150 g/mol. The van der Waals surface area contributed by atoms with Gasteiger partial charge in [-0.15, -0.1) is 0 Å². The molecule has 11 heavy (non-hydrogen) atoms. The second kappa shape index (κ2) is 1.52. The average Bonchev–Trinajstić information content (AvgIpc) is 2.44. The summed E-state index contributed by atoms with van der Waals surface area (Å²) in [6.07, 6.45) is 5.67. The lowest BCUT2D eigenvalue weighted by atomic mass is 10.0. The van der Waals surface area contributed by atoms with Gasteiger partial charge in [-0.3, -0.25) is 4.79 Å². The molecule has 2 bridgehead atoms. The van der Waals surface area contributed by atoms with Gasteiger partial charge < -0.3 is 5.11 Å². The van der Waals surface area contributed by atoms with Gasteiger partial charge in [-0.1, -0.05) is 12.2 Å². The standard InChI is InChI=1S/C9H10O2/c10-9(11)8-6-4-1-2-5(3-4)7(6)8/h1-2,4-8H,3H2,(H,10,11)/t4-,5-,6+,7+/m0/s1. The highest BCUT2D eigenvalue weighted by Crippen LogP contribution is 2.66. The van der Waals surface area contributed by atoms with Gasteiger partial charge in [0.15, 0.2) is 0 Å². The van der Waals surface area contributed by atoms with E-state index >= 15 is 0 Å². The van der Waals surface area contributed by atoms with Crippen LogP contribution in [-0.4, -0.2) is 11.1 Å². The third-order valence-corrected chi connectivity index (χ3v) is 3.56. The Morgan fingerprint density at radius 2 is 1.82 bits per heavy atom. The van der Waals surface area contributed by atoms with Gasteiger partial charge in [0.05, 0.1) is 5.92 Å². The molecule has 4 atom stereocenters. The Morgan fingerprint density at radius 1 is 1.27 bits per heavy atom. The number of hydrogen-bond acceptors (Lipinski definition) is 1. The molecule has 0 saturated heterocycles. The van der Waals surface area contributed by atoms with Crippen LogP contribution in [0.1, 0.15) is 6.42 Å². The topological polar surface area (TPSA) is 37.3 Å². The van der Waals surface area contributed by atoms with Gasteiger partial charge >= 0.3 is 5.97 Å². The number of aliphatic carboxylic acids is 1. The molecular formula is C9H10O2. The van der Waals surface area contributed by atoms with Crippen LogP contribution in [-0.2, 0) is 4.79 Å². The lowest BCUT2D eigenvalue weighted by Crippen LogP contribution is -2.08. The summed E-state index contributed by atoms with van der Waals surface area (Å²) >= 11 is 0. The van der Waals surface area contributed by atoms with Crippen molar-refractivity contribution in [1.29, 1.82) is 0 Å². The van der Waals surface area contributed by atoms with E-state index in [9.17, 15) is 4.79 Å². The first-order valence-corrected chi connectivity index (χ1v) is 4.20. The van der Waals surface area contributed by atoms with Gasteiger partial charge in [-0.25, -0.2) is 0 Å². The zero-order valence-electron chi connectivity index (χ0n) is 6.10. The Balaban J connectivity index is 1.90. The van der Waals surface area contributed by atoms with Crippen LogP contribution in [0.4, 0.5) is 0 Å². The van der Waals surface area contributed by atoms with Crippen LogP contribution in [0.5, 0.6) is 0 Å². The van der Waals surface area contributed by atoms with Crippen molar-refractivity contribution in [2.45, 2.75) is 6.42 Å². The predicted molar refractivity (Wildman–Crippen MR) is 38.8 cm³/mol. The number of carboxylic acid groups (broad SMARTS) is 1. The molecule has 0 heterocycles. The number of rotatable bonds is 1. The molecule has 0 aromatic rings. The highest BCUT2D eigenvalue weighted by molar-refractivity contribution is 5.75. The van der Waals surface area contributed by atoms with E-state index in [2.05, 4.69) is 12.2 Å². The largest absolute Gasteiger partial charge is 0.481 e. The van der Waals surface area contributed by atoms with Gasteiger partial charge in [0.1, 0.15) is 0 Å². The summed E-state index contributed by atoms with van der Waals surface area (Å²) in [6, 6.07) is 0. The zero-order chi connectivity index (χ0) is 7.59. The van der Waals surface area contributed by atoms with E-state index < -0.39 is 5.97 Å². The van der Waals surface area contributed by atoms with E-state index in [1.165, 1.54) is 6.42 Å². The summed E-state index contributed by atoms with van der Waals surface area (Å²) in [5, 5.41) is 8.79. The zero-order valence-corrected chi connectivity index (χ0v) is 6.10. The molecule has 0 aliphatic heterocycles. The van der Waals surface area contributed by atoms with Crippen molar-refractivity contribution in [3.05, 3.63) is 12.2 Å². The van der Waals surface area contributed by atoms with Crippen molar-refractivity contribution in [3.8, 4) is 0 Å². The third-order valence-electron chi connectivity index (χ3n) is 3.56. The Labute approximate surface area is 64.9 Å². The minimum Gasteiger partial charge on any atom is -0.481 e. The summed E-state index contributed by atoms with van der Waals surface area (Å²) < 4.78 is 0. The molecule has 0 spiro atoms. The molecule has 0 aromatic heterocycles. The first-order chi connectivity index (χ1) is 5.29. The van der Waals surface area contributed by atoms with Crippen LogP contribution in [0.15, 0.2) is 12.2 Å². The fourth-order valence-corrected chi connectivity index (χ4v) is 3.12. The molecule has 3 rings (SSSR count). The van der Waals surface area contributed by atoms with Crippen LogP contribution in [0, 0.1) is 29.6 Å². The summed E-state index contributed by atoms with van der Waals surface area (Å²) in [5.74, 6) is 1.70. The van der Waals surface area contributed by atoms with Crippen molar-refractivity contribution in [3.63, 3.8) is 0 Å². The van der Waals surface area contributed by atoms with Gasteiger partial charge in [0.25, 0.3) is 0 Å². The molecule has 58 valence electrons. The maximum atomic E-state index is 10.7. The van der Waals surface area contributed by atoms with Gasteiger partial charge in [0, 0.05) is 0 Å². The molecule has 0 radical (unpaired) electrons. The quantitative estimate of drug-likeness (QED) is 0.569. The van der Waals surface area contributed by atoms with E-state index in [1.807, 2.05) is 0 Å². The fourth-order valence-electron chi connectivity index (χ4n) is 3.12. The normalized spacial score (nSPS) is 56.2. The van der Waals surface area contributed by atoms with Crippen molar-refractivity contribution in [2.24, 2.45) is 29.6 Å². The van der Waals surface area contributed by atoms with E-state index in [0.717, 1.165) is 0 Å². The smallest absolute Gasteiger partial charge is 0.307 e. The van der Waals surface area contributed by atoms with Gasteiger partial charge in [0.2, 0.25) is 0 Å². The minimum atomic E-state index is -0.571. The number of carboxylic acids is 1. The predicted octanol–water partition coefficient (Wildman–Crippen LogP) is 1.14. The highest BCUT2D eigenvalue weighted by Gasteiger charge is 2.66. The van der Waals surface area contributed by atoms with Crippen LogP contribution in [0.2, 0.25) is 0 Å². The van der Waals surface area contributed by atoms with Crippen LogP contribution >= 0.6 is 0 Å². The second-order valence-corrected chi connectivity index (χ2v) is 3.97. The van der Waals surface area contributed by atoms with E-state index in [0.29, 0.717) is 23.7 Å². The number of fused-ring (bicyclic) bond motifs is 5. The number of allylic oxidation sites excluding steroid dienone is 2. The highest BCUT2D eigenvalue weighted by atomic mass is 16.4. The van der Waals surface area contributed by atoms with E-state index in [4.69, 9.17) is 5.11 Å². The molecule has 2 heteroatoms. The maximum absolute atomic E-state index is 10.7. The second-order valence-electron chi connectivity index (χ2n) is 3.97. The Hall–Kier alpha value is -0.790. The molecule has 0 amide bonds. The first kappa shape index (κ1) is 5.81. The van der Waals surface area contributed by atoms with Crippen LogP contribution < -0.4 is 0 Å². The van der Waals surface area contributed by atoms with Crippen molar-refractivity contribution >= 4 is 5.97 Å². The molecular weight excluding hydrogens is 140 g/mol. The van der Waals surface area contributed by atoms with Gasteiger partial charge in [-0.05, 0) is 30.1 Å². The summed E-state index contributed by atoms with van der Waals surface area (Å²) in [7, 11) is 0. The molecule has 0 unspecified atom stereocenters. The minimum absolute atomic E-state index is 0.00810. The SMILES string of the molecule is O=C(O)C1[C@H]2[C@H]1[C@H]1C=C[C@H]2C1. The third kappa shape index (κ3) is 0.525. The van der Waals surface area contributed by atoms with E-state index in [1.54, 1.807) is 0 Å². The Kier molecular flexibility index (Phi) is 0.803. The molecule has 2 nitrogen and oxygen atoms in total. The number of carbonyl (C=O) groups is 1. The fraction of sp³-hybridized carbons (Fsp3) is 0.667. The molecule has 3 aliphatic carbocycles. The molecule has 1 N–H and O–H groups in total. The summed E-state index contributed by atoms with van der Waals surface area (Å²) in [5.41, 5.74) is 0. The first-order valence-electron chi connectivity index (χ1n) is 4.20.